The fourth-order valence-electron chi connectivity index (χ4n) is 1.35. The van der Waals surface area contributed by atoms with Gasteiger partial charge in [0.15, 0.2) is 0 Å². The van der Waals surface area contributed by atoms with Gasteiger partial charge in [0.1, 0.15) is 0 Å². The van der Waals surface area contributed by atoms with Crippen molar-refractivity contribution in [3.8, 4) is 11.8 Å². The van der Waals surface area contributed by atoms with Gasteiger partial charge in [0, 0.05) is 6.42 Å². The van der Waals surface area contributed by atoms with Gasteiger partial charge in [-0.25, -0.2) is 0 Å². The molecule has 0 rings (SSSR count). The molecule has 13 heavy (non-hydrogen) atoms. The van der Waals surface area contributed by atoms with Gasteiger partial charge in [-0.05, 0) is 26.2 Å². The Morgan fingerprint density at radius 1 is 1.15 bits per heavy atom. The SMILES string of the molecule is CC#CCC/C(=C/CCC)CCC. The molecular weight excluding hydrogens is 156 g/mol. The van der Waals surface area contributed by atoms with Gasteiger partial charge < -0.3 is 0 Å². The van der Waals surface area contributed by atoms with Crippen LogP contribution in [0, 0.1) is 11.8 Å². The highest BCUT2D eigenvalue weighted by Crippen LogP contribution is 2.13. The van der Waals surface area contributed by atoms with Crippen LogP contribution in [0.4, 0.5) is 0 Å². The van der Waals surface area contributed by atoms with Gasteiger partial charge in [0.25, 0.3) is 0 Å². The fourth-order valence-corrected chi connectivity index (χ4v) is 1.35. The molecule has 74 valence electrons. The van der Waals surface area contributed by atoms with E-state index in [0.717, 1.165) is 6.42 Å². The van der Waals surface area contributed by atoms with Crippen LogP contribution in [-0.4, -0.2) is 0 Å². The molecule has 0 saturated carbocycles. The highest BCUT2D eigenvalue weighted by molar-refractivity contribution is 5.06. The highest BCUT2D eigenvalue weighted by atomic mass is 14.0. The molecule has 0 unspecified atom stereocenters. The summed E-state index contributed by atoms with van der Waals surface area (Å²) in [7, 11) is 0. The summed E-state index contributed by atoms with van der Waals surface area (Å²) in [6.07, 6.45) is 9.61. The fraction of sp³-hybridized carbons (Fsp3) is 0.692. The third kappa shape index (κ3) is 7.65. The van der Waals surface area contributed by atoms with Crippen LogP contribution in [-0.2, 0) is 0 Å². The molecule has 0 N–H and O–H groups in total. The lowest BCUT2D eigenvalue weighted by atomic mass is 10.0. The van der Waals surface area contributed by atoms with E-state index in [1.165, 1.54) is 32.1 Å². The Bertz CT molecular complexity index is 188. The van der Waals surface area contributed by atoms with Crippen molar-refractivity contribution < 1.29 is 0 Å². The summed E-state index contributed by atoms with van der Waals surface area (Å²) in [4.78, 5) is 0. The van der Waals surface area contributed by atoms with Gasteiger partial charge in [-0.15, -0.1) is 11.8 Å². The van der Waals surface area contributed by atoms with Gasteiger partial charge in [-0.2, -0.15) is 0 Å². The number of hydrogen-bond acceptors (Lipinski definition) is 0. The zero-order valence-corrected chi connectivity index (χ0v) is 9.32. The zero-order valence-electron chi connectivity index (χ0n) is 9.32. The predicted molar refractivity (Wildman–Crippen MR) is 60.6 cm³/mol. The lowest BCUT2D eigenvalue weighted by Crippen LogP contribution is -1.83. The second kappa shape index (κ2) is 9.39. The standard InChI is InChI=1S/C13H22/c1-4-7-9-12-13(10-6-3)11-8-5-2/h11H,5-6,8-10,12H2,1-3H3/b13-11+. The molecular formula is C13H22. The number of hydrogen-bond donors (Lipinski definition) is 0. The van der Waals surface area contributed by atoms with Crippen molar-refractivity contribution in [1.82, 2.24) is 0 Å². The Balaban J connectivity index is 3.83. The zero-order chi connectivity index (χ0) is 9.94. The minimum absolute atomic E-state index is 1.03. The quantitative estimate of drug-likeness (QED) is 0.420. The van der Waals surface area contributed by atoms with Crippen molar-refractivity contribution in [2.45, 2.75) is 59.3 Å². The van der Waals surface area contributed by atoms with Gasteiger partial charge in [-0.1, -0.05) is 38.3 Å². The lowest BCUT2D eigenvalue weighted by molar-refractivity contribution is 0.815. The van der Waals surface area contributed by atoms with Crippen molar-refractivity contribution in [1.29, 1.82) is 0 Å². The summed E-state index contributed by atoms with van der Waals surface area (Å²) in [5, 5.41) is 0. The molecule has 0 radical (unpaired) electrons. The minimum Gasteiger partial charge on any atom is -0.107 e. The summed E-state index contributed by atoms with van der Waals surface area (Å²) >= 11 is 0. The van der Waals surface area contributed by atoms with Gasteiger partial charge in [0.05, 0.1) is 0 Å². The Labute approximate surface area is 83.4 Å². The lowest BCUT2D eigenvalue weighted by Gasteiger charge is -2.02. The third-order valence-electron chi connectivity index (χ3n) is 2.04. The van der Waals surface area contributed by atoms with Gasteiger partial charge in [0.2, 0.25) is 0 Å². The van der Waals surface area contributed by atoms with Crippen molar-refractivity contribution in [2.75, 3.05) is 0 Å². The molecule has 0 fully saturated rings. The van der Waals surface area contributed by atoms with Crippen LogP contribution in [0.15, 0.2) is 11.6 Å². The first-order valence-electron chi connectivity index (χ1n) is 5.42. The van der Waals surface area contributed by atoms with Crippen molar-refractivity contribution in [2.24, 2.45) is 0 Å². The highest BCUT2D eigenvalue weighted by Gasteiger charge is 1.94. The summed E-state index contributed by atoms with van der Waals surface area (Å²) in [5.74, 6) is 6.07. The first kappa shape index (κ1) is 12.3. The molecule has 0 aromatic carbocycles. The average Bonchev–Trinajstić information content (AvgIpc) is 2.14. The molecule has 0 aromatic heterocycles. The summed E-state index contributed by atoms with van der Waals surface area (Å²) < 4.78 is 0. The molecule has 0 heteroatoms. The topological polar surface area (TPSA) is 0 Å². The van der Waals surface area contributed by atoms with Crippen LogP contribution in [0.2, 0.25) is 0 Å². The molecule has 0 nitrogen and oxygen atoms in total. The van der Waals surface area contributed by atoms with E-state index in [0.29, 0.717) is 0 Å². The molecule has 0 saturated heterocycles. The van der Waals surface area contributed by atoms with E-state index in [2.05, 4.69) is 31.8 Å². The van der Waals surface area contributed by atoms with E-state index >= 15 is 0 Å². The first-order chi connectivity index (χ1) is 6.35. The average molecular weight is 178 g/mol. The van der Waals surface area contributed by atoms with Crippen LogP contribution in [0.1, 0.15) is 59.3 Å². The Morgan fingerprint density at radius 2 is 1.92 bits per heavy atom. The molecule has 0 bridgehead atoms. The van der Waals surface area contributed by atoms with E-state index in [9.17, 15) is 0 Å². The van der Waals surface area contributed by atoms with Gasteiger partial charge in [-0.3, -0.25) is 0 Å². The molecule has 0 aromatic rings. The summed E-state index contributed by atoms with van der Waals surface area (Å²) in [6, 6.07) is 0. The van der Waals surface area contributed by atoms with Gasteiger partial charge >= 0.3 is 0 Å². The molecule has 0 heterocycles. The molecule has 0 spiro atoms. The Hall–Kier alpha value is -0.700. The molecule has 0 amide bonds. The largest absolute Gasteiger partial charge is 0.107 e. The number of allylic oxidation sites excluding steroid dienone is 2. The second-order valence-electron chi connectivity index (χ2n) is 3.33. The van der Waals surface area contributed by atoms with E-state index < -0.39 is 0 Å². The molecule has 0 aliphatic rings. The van der Waals surface area contributed by atoms with Crippen LogP contribution in [0.25, 0.3) is 0 Å². The van der Waals surface area contributed by atoms with Crippen LogP contribution in [0.5, 0.6) is 0 Å². The van der Waals surface area contributed by atoms with E-state index in [1.807, 2.05) is 6.92 Å². The Morgan fingerprint density at radius 3 is 2.46 bits per heavy atom. The van der Waals surface area contributed by atoms with Crippen LogP contribution < -0.4 is 0 Å². The Kier molecular flexibility index (Phi) is 8.88. The molecule has 0 aliphatic heterocycles. The number of unbranched alkanes of at least 4 members (excludes halogenated alkanes) is 1. The van der Waals surface area contributed by atoms with E-state index in [1.54, 1.807) is 5.57 Å². The van der Waals surface area contributed by atoms with Crippen molar-refractivity contribution in [3.05, 3.63) is 11.6 Å². The predicted octanol–water partition coefficient (Wildman–Crippen LogP) is 4.32. The van der Waals surface area contributed by atoms with Crippen molar-refractivity contribution in [3.63, 3.8) is 0 Å². The summed E-state index contributed by atoms with van der Waals surface area (Å²) in [6.45, 7) is 6.38. The first-order valence-corrected chi connectivity index (χ1v) is 5.42. The van der Waals surface area contributed by atoms with Crippen molar-refractivity contribution >= 4 is 0 Å². The van der Waals surface area contributed by atoms with Crippen LogP contribution in [0.3, 0.4) is 0 Å². The molecule has 0 atom stereocenters. The normalized spacial score (nSPS) is 10.8. The third-order valence-corrected chi connectivity index (χ3v) is 2.04. The maximum absolute atomic E-state index is 3.12. The van der Waals surface area contributed by atoms with E-state index in [4.69, 9.17) is 0 Å². The monoisotopic (exact) mass is 178 g/mol. The minimum atomic E-state index is 1.03. The molecule has 0 aliphatic carbocycles. The smallest absolute Gasteiger partial charge is 0.0126 e. The maximum atomic E-state index is 3.12. The maximum Gasteiger partial charge on any atom is 0.0126 e. The second-order valence-corrected chi connectivity index (χ2v) is 3.33. The number of rotatable bonds is 6. The van der Waals surface area contributed by atoms with E-state index in [-0.39, 0.29) is 0 Å². The van der Waals surface area contributed by atoms with Crippen LogP contribution >= 0.6 is 0 Å². The summed E-state index contributed by atoms with van der Waals surface area (Å²) in [5.41, 5.74) is 1.60.